The van der Waals surface area contributed by atoms with E-state index in [0.29, 0.717) is 37.2 Å². The van der Waals surface area contributed by atoms with E-state index in [9.17, 15) is 14.4 Å². The molecule has 0 bridgehead atoms. The predicted octanol–water partition coefficient (Wildman–Crippen LogP) is 3.58. The number of carbonyl (C=O) groups is 3. The van der Waals surface area contributed by atoms with Gasteiger partial charge in [-0.2, -0.15) is 5.10 Å². The van der Waals surface area contributed by atoms with Crippen molar-refractivity contribution in [2.24, 2.45) is 0 Å². The molecule has 0 radical (unpaired) electrons. The highest BCUT2D eigenvalue weighted by Gasteiger charge is 2.39. The Kier molecular flexibility index (Phi) is 7.19. The zero-order valence-electron chi connectivity index (χ0n) is 21.9. The average Bonchev–Trinajstić information content (AvgIpc) is 3.53. The number of rotatable bonds is 7. The van der Waals surface area contributed by atoms with Crippen molar-refractivity contribution in [3.05, 3.63) is 47.3 Å². The SMILES string of the molecule is O=C1CCC(N2Cc3cc(OC[C@H]4CCCCN4Cc4cnn(C5CCCCC5)c4)ccc3C2=O)C(=O)N1. The van der Waals surface area contributed by atoms with Crippen molar-refractivity contribution in [3.8, 4) is 5.75 Å². The first-order chi connectivity index (χ1) is 18.5. The molecule has 4 aliphatic rings. The van der Waals surface area contributed by atoms with Crippen LogP contribution in [0.15, 0.2) is 30.6 Å². The van der Waals surface area contributed by atoms with Crippen molar-refractivity contribution in [1.82, 2.24) is 24.9 Å². The lowest BCUT2D eigenvalue weighted by Gasteiger charge is -2.35. The molecule has 6 rings (SSSR count). The van der Waals surface area contributed by atoms with Gasteiger partial charge in [-0.05, 0) is 62.4 Å². The van der Waals surface area contributed by atoms with Crippen LogP contribution in [0.3, 0.4) is 0 Å². The Morgan fingerprint density at radius 3 is 2.68 bits per heavy atom. The number of nitrogens with one attached hydrogen (secondary N) is 1. The summed E-state index contributed by atoms with van der Waals surface area (Å²) in [6.45, 7) is 2.90. The molecule has 1 aliphatic carbocycles. The van der Waals surface area contributed by atoms with Crippen LogP contribution in [0, 0.1) is 0 Å². The quantitative estimate of drug-likeness (QED) is 0.562. The second kappa shape index (κ2) is 10.9. The maximum Gasteiger partial charge on any atom is 0.255 e. The summed E-state index contributed by atoms with van der Waals surface area (Å²) in [5.41, 5.74) is 2.75. The van der Waals surface area contributed by atoms with Gasteiger partial charge in [0.15, 0.2) is 0 Å². The van der Waals surface area contributed by atoms with Gasteiger partial charge in [0.1, 0.15) is 18.4 Å². The van der Waals surface area contributed by atoms with E-state index in [-0.39, 0.29) is 24.1 Å². The maximum atomic E-state index is 13.0. The highest BCUT2D eigenvalue weighted by molar-refractivity contribution is 6.05. The highest BCUT2D eigenvalue weighted by Crippen LogP contribution is 2.31. The summed E-state index contributed by atoms with van der Waals surface area (Å²) >= 11 is 0. The van der Waals surface area contributed by atoms with Crippen LogP contribution in [0.5, 0.6) is 5.75 Å². The Balaban J connectivity index is 1.07. The molecule has 2 saturated heterocycles. The van der Waals surface area contributed by atoms with E-state index in [1.807, 2.05) is 18.3 Å². The van der Waals surface area contributed by atoms with Crippen molar-refractivity contribution < 1.29 is 19.1 Å². The normalized spacial score (nSPS) is 24.9. The number of hydrogen-bond acceptors (Lipinski definition) is 6. The minimum atomic E-state index is -0.602. The van der Waals surface area contributed by atoms with E-state index in [2.05, 4.69) is 21.1 Å². The van der Waals surface area contributed by atoms with Gasteiger partial charge in [0, 0.05) is 42.9 Å². The Labute approximate surface area is 223 Å². The van der Waals surface area contributed by atoms with Gasteiger partial charge in [-0.25, -0.2) is 0 Å². The Hall–Kier alpha value is -3.20. The van der Waals surface area contributed by atoms with Gasteiger partial charge in [-0.15, -0.1) is 0 Å². The van der Waals surface area contributed by atoms with Gasteiger partial charge in [0.05, 0.1) is 12.2 Å². The number of carbonyl (C=O) groups excluding carboxylic acids is 3. The third kappa shape index (κ3) is 5.21. The van der Waals surface area contributed by atoms with E-state index in [1.165, 1.54) is 50.5 Å². The van der Waals surface area contributed by atoms with Crippen LogP contribution in [0.25, 0.3) is 0 Å². The zero-order chi connectivity index (χ0) is 26.1. The topological polar surface area (TPSA) is 96.8 Å². The number of nitrogens with zero attached hydrogens (tertiary/aromatic N) is 4. The number of imide groups is 1. The number of benzene rings is 1. The number of amides is 3. The summed E-state index contributed by atoms with van der Waals surface area (Å²) in [5, 5.41) is 7.05. The van der Waals surface area contributed by atoms with Gasteiger partial charge >= 0.3 is 0 Å². The molecule has 3 aliphatic heterocycles. The van der Waals surface area contributed by atoms with Crippen LogP contribution < -0.4 is 10.1 Å². The molecular weight excluding hydrogens is 482 g/mol. The lowest BCUT2D eigenvalue weighted by Crippen LogP contribution is -2.52. The summed E-state index contributed by atoms with van der Waals surface area (Å²) in [7, 11) is 0. The molecule has 38 heavy (non-hydrogen) atoms. The highest BCUT2D eigenvalue weighted by atomic mass is 16.5. The van der Waals surface area contributed by atoms with Crippen LogP contribution in [-0.4, -0.2) is 62.5 Å². The monoisotopic (exact) mass is 519 g/mol. The molecule has 1 N–H and O–H groups in total. The van der Waals surface area contributed by atoms with Crippen LogP contribution >= 0.6 is 0 Å². The number of fused-ring (bicyclic) bond motifs is 1. The van der Waals surface area contributed by atoms with Crippen molar-refractivity contribution in [2.75, 3.05) is 13.2 Å². The molecule has 9 nitrogen and oxygen atoms in total. The van der Waals surface area contributed by atoms with Gasteiger partial charge in [-0.3, -0.25) is 29.3 Å². The minimum absolute atomic E-state index is 0.159. The van der Waals surface area contributed by atoms with E-state index < -0.39 is 6.04 Å². The predicted molar refractivity (Wildman–Crippen MR) is 140 cm³/mol. The van der Waals surface area contributed by atoms with Crippen LogP contribution in [-0.2, 0) is 22.7 Å². The fraction of sp³-hybridized carbons (Fsp3) is 0.586. The summed E-state index contributed by atoms with van der Waals surface area (Å²) in [4.78, 5) is 40.9. The first-order valence-corrected chi connectivity index (χ1v) is 14.2. The molecule has 4 heterocycles. The Bertz CT molecular complexity index is 1200. The van der Waals surface area contributed by atoms with Gasteiger partial charge in [-0.1, -0.05) is 25.7 Å². The molecule has 202 valence electrons. The van der Waals surface area contributed by atoms with E-state index in [1.54, 1.807) is 11.0 Å². The molecule has 0 spiro atoms. The minimum Gasteiger partial charge on any atom is -0.492 e. The lowest BCUT2D eigenvalue weighted by molar-refractivity contribution is -0.136. The molecule has 2 aromatic rings. The van der Waals surface area contributed by atoms with Crippen LogP contribution in [0.2, 0.25) is 0 Å². The fourth-order valence-electron chi connectivity index (χ4n) is 6.53. The van der Waals surface area contributed by atoms with Crippen molar-refractivity contribution >= 4 is 17.7 Å². The van der Waals surface area contributed by atoms with E-state index in [4.69, 9.17) is 9.84 Å². The van der Waals surface area contributed by atoms with E-state index >= 15 is 0 Å². The number of hydrogen-bond donors (Lipinski definition) is 1. The third-order valence-electron chi connectivity index (χ3n) is 8.68. The van der Waals surface area contributed by atoms with Crippen molar-refractivity contribution in [3.63, 3.8) is 0 Å². The number of aromatic nitrogens is 2. The molecule has 1 saturated carbocycles. The van der Waals surface area contributed by atoms with Crippen molar-refractivity contribution in [1.29, 1.82) is 0 Å². The van der Waals surface area contributed by atoms with E-state index in [0.717, 1.165) is 30.8 Å². The Morgan fingerprint density at radius 2 is 1.84 bits per heavy atom. The van der Waals surface area contributed by atoms with Gasteiger partial charge < -0.3 is 9.64 Å². The number of ether oxygens (including phenoxy) is 1. The first kappa shape index (κ1) is 25.1. The molecule has 1 aromatic carbocycles. The fourth-order valence-corrected chi connectivity index (χ4v) is 6.53. The largest absolute Gasteiger partial charge is 0.492 e. The summed E-state index contributed by atoms with van der Waals surface area (Å²) < 4.78 is 8.46. The summed E-state index contributed by atoms with van der Waals surface area (Å²) in [6.07, 6.45) is 14.8. The standard InChI is InChI=1S/C29H37N5O4/c35-27-12-11-26(28(36)31-27)33-18-21-14-24(9-10-25(21)29(33)37)38-19-23-8-4-5-13-32(23)16-20-15-30-34(17-20)22-6-2-1-3-7-22/h9-10,14-15,17,22-23,26H,1-8,11-13,16,18-19H2,(H,31,35,36)/t23-,26?/m1/s1. The van der Waals surface area contributed by atoms with Gasteiger partial charge in [0.2, 0.25) is 11.8 Å². The number of likely N-dealkylation sites (tertiary alicyclic amines) is 1. The molecule has 3 fully saturated rings. The second-order valence-electron chi connectivity index (χ2n) is 11.3. The third-order valence-corrected chi connectivity index (χ3v) is 8.68. The number of piperidine rings is 2. The van der Waals surface area contributed by atoms with Crippen LogP contribution in [0.1, 0.15) is 91.7 Å². The van der Waals surface area contributed by atoms with Gasteiger partial charge in [0.25, 0.3) is 5.91 Å². The molecule has 9 heteroatoms. The molecule has 3 amide bonds. The summed E-state index contributed by atoms with van der Waals surface area (Å²) in [6, 6.07) is 5.87. The smallest absolute Gasteiger partial charge is 0.255 e. The molecule has 1 unspecified atom stereocenters. The lowest BCUT2D eigenvalue weighted by atomic mass is 9.96. The molecule has 1 aromatic heterocycles. The zero-order valence-corrected chi connectivity index (χ0v) is 21.9. The maximum absolute atomic E-state index is 13.0. The second-order valence-corrected chi connectivity index (χ2v) is 11.3. The van der Waals surface area contributed by atoms with Crippen molar-refractivity contribution in [2.45, 2.75) is 95.4 Å². The Morgan fingerprint density at radius 1 is 1.00 bits per heavy atom. The molecular formula is C29H37N5O4. The molecule has 2 atom stereocenters. The first-order valence-electron chi connectivity index (χ1n) is 14.2. The van der Waals surface area contributed by atoms with Crippen LogP contribution in [0.4, 0.5) is 0 Å². The average molecular weight is 520 g/mol. The summed E-state index contributed by atoms with van der Waals surface area (Å²) in [5.74, 6) is -0.0768.